The van der Waals surface area contributed by atoms with Gasteiger partial charge in [0.15, 0.2) is 5.82 Å². The number of carbonyl (C=O) groups excluding carboxylic acids is 1. The van der Waals surface area contributed by atoms with Crippen molar-refractivity contribution in [2.24, 2.45) is 0 Å². The summed E-state index contributed by atoms with van der Waals surface area (Å²) in [5, 5.41) is 16.7. The molecule has 0 atom stereocenters. The van der Waals surface area contributed by atoms with Crippen LogP contribution in [0, 0.1) is 6.92 Å². The Labute approximate surface area is 113 Å². The number of hydrogen-bond acceptors (Lipinski definition) is 5. The van der Waals surface area contributed by atoms with Gasteiger partial charge in [-0.25, -0.2) is 9.97 Å². The number of rotatable bonds is 2. The number of nitrogens with one attached hydrogen (secondary N) is 1. The molecule has 0 saturated carbocycles. The normalized spacial score (nSPS) is 9.56. The van der Waals surface area contributed by atoms with Crippen LogP contribution >= 0.6 is 0 Å². The molecule has 0 aliphatic carbocycles. The van der Waals surface area contributed by atoms with Crippen LogP contribution in [0.1, 0.15) is 16.2 Å². The summed E-state index contributed by atoms with van der Waals surface area (Å²) < 4.78 is 0. The average Bonchev–Trinajstić information content (AvgIpc) is 2.65. The fourth-order valence-corrected chi connectivity index (χ4v) is 1.19. The van der Waals surface area contributed by atoms with Crippen LogP contribution in [-0.4, -0.2) is 26.1 Å². The van der Waals surface area contributed by atoms with Crippen molar-refractivity contribution in [3.8, 4) is 11.4 Å². The molecule has 2 aromatic heterocycles. The Kier molecular flexibility index (Phi) is 4.17. The zero-order valence-electron chi connectivity index (χ0n) is 8.89. The first-order chi connectivity index (χ1) is 7.18. The van der Waals surface area contributed by atoms with E-state index < -0.39 is 5.97 Å². The van der Waals surface area contributed by atoms with E-state index in [0.29, 0.717) is 11.4 Å². The topological polar surface area (TPSA) is 94.6 Å². The number of carboxylic acid groups (broad SMARTS) is 1. The number of aromatic carboxylic acids is 1. The minimum atomic E-state index is -1.33. The first-order valence-corrected chi connectivity index (χ1v) is 4.23. The van der Waals surface area contributed by atoms with Crippen LogP contribution in [0.4, 0.5) is 0 Å². The van der Waals surface area contributed by atoms with Gasteiger partial charge in [-0.05, 0) is 13.0 Å². The van der Waals surface area contributed by atoms with E-state index in [9.17, 15) is 9.90 Å². The average molecular weight is 226 g/mol. The summed E-state index contributed by atoms with van der Waals surface area (Å²) in [6, 6.07) is 1.72. The maximum absolute atomic E-state index is 10.7. The van der Waals surface area contributed by atoms with Crippen molar-refractivity contribution in [3.63, 3.8) is 0 Å². The van der Waals surface area contributed by atoms with Gasteiger partial charge in [0.05, 0.1) is 23.4 Å². The number of aromatic amines is 1. The van der Waals surface area contributed by atoms with Crippen molar-refractivity contribution in [1.29, 1.82) is 0 Å². The number of hydrogen-bond donors (Lipinski definition) is 1. The van der Waals surface area contributed by atoms with Crippen molar-refractivity contribution < 1.29 is 39.5 Å². The van der Waals surface area contributed by atoms with E-state index in [4.69, 9.17) is 0 Å². The predicted octanol–water partition coefficient (Wildman–Crippen LogP) is -3.46. The summed E-state index contributed by atoms with van der Waals surface area (Å²) in [6.07, 6.45) is 2.92. The van der Waals surface area contributed by atoms with Gasteiger partial charge in [0, 0.05) is 11.9 Å². The molecular formula is C9H7N4NaO2. The Morgan fingerprint density at radius 1 is 1.50 bits per heavy atom. The van der Waals surface area contributed by atoms with E-state index in [2.05, 4.69) is 20.2 Å². The van der Waals surface area contributed by atoms with Gasteiger partial charge in [-0.1, -0.05) is 0 Å². The number of carbonyl (C=O) groups is 1. The molecule has 2 rings (SSSR count). The summed E-state index contributed by atoms with van der Waals surface area (Å²) in [5.41, 5.74) is 0.977. The van der Waals surface area contributed by atoms with Gasteiger partial charge >= 0.3 is 29.6 Å². The second-order valence-corrected chi connectivity index (χ2v) is 2.97. The Hall–Kier alpha value is -1.24. The first kappa shape index (κ1) is 12.8. The van der Waals surface area contributed by atoms with Crippen molar-refractivity contribution in [2.75, 3.05) is 0 Å². The molecule has 6 nitrogen and oxygen atoms in total. The smallest absolute Gasteiger partial charge is 0.543 e. The van der Waals surface area contributed by atoms with E-state index >= 15 is 0 Å². The number of nitrogens with zero attached hydrogens (tertiary/aromatic N) is 3. The Bertz CT molecular complexity index is 512. The fourth-order valence-electron chi connectivity index (χ4n) is 1.19. The van der Waals surface area contributed by atoms with Gasteiger partial charge in [-0.2, -0.15) is 5.10 Å². The molecule has 0 spiro atoms. The molecule has 0 unspecified atom stereocenters. The van der Waals surface area contributed by atoms with Crippen molar-refractivity contribution in [2.45, 2.75) is 6.92 Å². The number of H-pyrrole nitrogens is 1. The Morgan fingerprint density at radius 3 is 2.88 bits per heavy atom. The minimum Gasteiger partial charge on any atom is -0.543 e. The number of aryl methyl sites for hydroxylation is 1. The third kappa shape index (κ3) is 2.46. The largest absolute Gasteiger partial charge is 1.00 e. The van der Waals surface area contributed by atoms with Crippen LogP contribution in [0.25, 0.3) is 11.4 Å². The van der Waals surface area contributed by atoms with Crippen LogP contribution in [0.15, 0.2) is 18.5 Å². The maximum atomic E-state index is 10.7. The van der Waals surface area contributed by atoms with E-state index in [-0.39, 0.29) is 35.3 Å². The van der Waals surface area contributed by atoms with Crippen LogP contribution < -0.4 is 34.7 Å². The molecule has 7 heteroatoms. The summed E-state index contributed by atoms with van der Waals surface area (Å²) in [5.74, 6) is -1.00. The predicted molar refractivity (Wildman–Crippen MR) is 48.7 cm³/mol. The third-order valence-corrected chi connectivity index (χ3v) is 1.88. The zero-order chi connectivity index (χ0) is 10.8. The van der Waals surface area contributed by atoms with Crippen LogP contribution in [0.5, 0.6) is 0 Å². The summed E-state index contributed by atoms with van der Waals surface area (Å²) >= 11 is 0. The van der Waals surface area contributed by atoms with Gasteiger partial charge in [-0.15, -0.1) is 0 Å². The molecule has 0 aliphatic rings. The number of aromatic nitrogens is 4. The third-order valence-electron chi connectivity index (χ3n) is 1.88. The van der Waals surface area contributed by atoms with Crippen LogP contribution in [0.3, 0.4) is 0 Å². The number of carboxylic acids is 1. The molecule has 0 bridgehead atoms. The van der Waals surface area contributed by atoms with Crippen molar-refractivity contribution in [3.05, 3.63) is 29.8 Å². The molecule has 0 aromatic carbocycles. The van der Waals surface area contributed by atoms with E-state index in [0.717, 1.165) is 5.69 Å². The van der Waals surface area contributed by atoms with Gasteiger partial charge in [0.2, 0.25) is 0 Å². The molecule has 0 amide bonds. The first-order valence-electron chi connectivity index (χ1n) is 4.23. The molecule has 76 valence electrons. The SMILES string of the molecule is Cc1ccnc(-c2cn[nH]c2C(=O)[O-])n1.[Na+]. The second kappa shape index (κ2) is 5.20. The monoisotopic (exact) mass is 226 g/mol. The molecule has 2 aromatic rings. The Balaban J connectivity index is 0.00000128. The summed E-state index contributed by atoms with van der Waals surface area (Å²) in [4.78, 5) is 18.8. The van der Waals surface area contributed by atoms with Crippen LogP contribution in [0.2, 0.25) is 0 Å². The quantitative estimate of drug-likeness (QED) is 0.537. The van der Waals surface area contributed by atoms with E-state index in [1.165, 1.54) is 6.20 Å². The second-order valence-electron chi connectivity index (χ2n) is 2.97. The maximum Gasteiger partial charge on any atom is 1.00 e. The molecular weight excluding hydrogens is 219 g/mol. The van der Waals surface area contributed by atoms with Gasteiger partial charge in [-0.3, -0.25) is 5.10 Å². The molecule has 1 N–H and O–H groups in total. The van der Waals surface area contributed by atoms with Gasteiger partial charge < -0.3 is 9.90 Å². The molecule has 16 heavy (non-hydrogen) atoms. The molecule has 0 radical (unpaired) electrons. The molecule has 0 saturated heterocycles. The van der Waals surface area contributed by atoms with Gasteiger partial charge in [0.25, 0.3) is 0 Å². The minimum absolute atomic E-state index is 0. The zero-order valence-corrected chi connectivity index (χ0v) is 10.9. The van der Waals surface area contributed by atoms with E-state index in [1.54, 1.807) is 19.2 Å². The Morgan fingerprint density at radius 2 is 2.25 bits per heavy atom. The molecule has 2 heterocycles. The van der Waals surface area contributed by atoms with Crippen molar-refractivity contribution >= 4 is 5.97 Å². The molecule has 0 aliphatic heterocycles. The van der Waals surface area contributed by atoms with Crippen LogP contribution in [-0.2, 0) is 0 Å². The van der Waals surface area contributed by atoms with E-state index in [1.807, 2.05) is 0 Å². The van der Waals surface area contributed by atoms with Crippen molar-refractivity contribution in [1.82, 2.24) is 20.2 Å². The van der Waals surface area contributed by atoms with Gasteiger partial charge in [0.1, 0.15) is 0 Å². The summed E-state index contributed by atoms with van der Waals surface area (Å²) in [7, 11) is 0. The molecule has 0 fully saturated rings. The fraction of sp³-hybridized carbons (Fsp3) is 0.111. The standard InChI is InChI=1S/C9H8N4O2.Na/c1-5-2-3-10-8(12-5)6-4-11-13-7(6)9(14)15;/h2-4H,1H3,(H,11,13)(H,14,15);/q;+1/p-1. The summed E-state index contributed by atoms with van der Waals surface area (Å²) in [6.45, 7) is 1.80.